The molecule has 1 unspecified atom stereocenters. The first-order valence-electron chi connectivity index (χ1n) is 5.69. The molecule has 1 heterocycles. The van der Waals surface area contributed by atoms with Crippen molar-refractivity contribution >= 4 is 6.47 Å². The number of nitrogens with one attached hydrogen (secondary N) is 1. The van der Waals surface area contributed by atoms with Gasteiger partial charge in [-0.2, -0.15) is 0 Å². The zero-order valence-corrected chi connectivity index (χ0v) is 8.84. The molecular formula is C11H21NO2. The van der Waals surface area contributed by atoms with Crippen LogP contribution >= 0.6 is 0 Å². The molecule has 0 saturated carbocycles. The topological polar surface area (TPSA) is 38.3 Å². The van der Waals surface area contributed by atoms with Crippen molar-refractivity contribution < 1.29 is 9.53 Å². The molecule has 82 valence electrons. The number of unbranched alkanes of at least 4 members (excludes halogenated alkanes) is 2. The molecule has 0 aromatic carbocycles. The van der Waals surface area contributed by atoms with Gasteiger partial charge < -0.3 is 10.1 Å². The summed E-state index contributed by atoms with van der Waals surface area (Å²) in [6, 6.07) is 0. The lowest BCUT2D eigenvalue weighted by atomic mass is 9.94. The summed E-state index contributed by atoms with van der Waals surface area (Å²) in [5.74, 6) is 0.885. The molecule has 14 heavy (non-hydrogen) atoms. The third-order valence-corrected chi connectivity index (χ3v) is 2.84. The summed E-state index contributed by atoms with van der Waals surface area (Å²) in [5.41, 5.74) is 0. The lowest BCUT2D eigenvalue weighted by molar-refractivity contribution is -0.128. The van der Waals surface area contributed by atoms with Crippen molar-refractivity contribution in [3.05, 3.63) is 0 Å². The lowest BCUT2D eigenvalue weighted by Crippen LogP contribution is -2.29. The van der Waals surface area contributed by atoms with E-state index in [4.69, 9.17) is 0 Å². The Morgan fingerprint density at radius 1 is 1.36 bits per heavy atom. The fourth-order valence-corrected chi connectivity index (χ4v) is 2.01. The van der Waals surface area contributed by atoms with Gasteiger partial charge in [0.25, 0.3) is 6.47 Å². The maximum atomic E-state index is 9.85. The normalized spacial score (nSPS) is 21.9. The number of hydrogen-bond acceptors (Lipinski definition) is 3. The second-order valence-electron chi connectivity index (χ2n) is 4.03. The first-order valence-corrected chi connectivity index (χ1v) is 5.69. The van der Waals surface area contributed by atoms with Gasteiger partial charge in [0.05, 0.1) is 6.61 Å². The van der Waals surface area contributed by atoms with Crippen LogP contribution in [0.1, 0.15) is 38.5 Å². The van der Waals surface area contributed by atoms with Crippen molar-refractivity contribution in [2.45, 2.75) is 38.5 Å². The quantitative estimate of drug-likeness (QED) is 0.501. The number of ether oxygens (including phenoxy) is 1. The average Bonchev–Trinajstić information content (AvgIpc) is 2.25. The minimum atomic E-state index is 0.533. The smallest absolute Gasteiger partial charge is 0.293 e. The highest BCUT2D eigenvalue weighted by Crippen LogP contribution is 2.17. The maximum absolute atomic E-state index is 9.85. The molecule has 1 atom stereocenters. The van der Waals surface area contributed by atoms with Crippen molar-refractivity contribution in [2.24, 2.45) is 5.92 Å². The zero-order chi connectivity index (χ0) is 10.1. The largest absolute Gasteiger partial charge is 0.468 e. The molecular weight excluding hydrogens is 178 g/mol. The van der Waals surface area contributed by atoms with Crippen molar-refractivity contribution in [1.82, 2.24) is 5.32 Å². The zero-order valence-electron chi connectivity index (χ0n) is 8.84. The van der Waals surface area contributed by atoms with Gasteiger partial charge in [0.15, 0.2) is 0 Å². The van der Waals surface area contributed by atoms with E-state index < -0.39 is 0 Å². The van der Waals surface area contributed by atoms with Crippen LogP contribution in [0.5, 0.6) is 0 Å². The van der Waals surface area contributed by atoms with Crippen LogP contribution in [-0.2, 0) is 9.53 Å². The summed E-state index contributed by atoms with van der Waals surface area (Å²) in [6.45, 7) is 3.52. The molecule has 1 aliphatic heterocycles. The predicted molar refractivity (Wildman–Crippen MR) is 56.1 cm³/mol. The van der Waals surface area contributed by atoms with Crippen LogP contribution in [0.25, 0.3) is 0 Å². The first-order chi connectivity index (χ1) is 6.93. The van der Waals surface area contributed by atoms with Crippen molar-refractivity contribution in [1.29, 1.82) is 0 Å². The maximum Gasteiger partial charge on any atom is 0.293 e. The second-order valence-corrected chi connectivity index (χ2v) is 4.03. The molecule has 3 heteroatoms. The Hall–Kier alpha value is -0.570. The van der Waals surface area contributed by atoms with Gasteiger partial charge in [-0.25, -0.2) is 0 Å². The van der Waals surface area contributed by atoms with Gasteiger partial charge in [-0.1, -0.05) is 12.8 Å². The SMILES string of the molecule is O=COCCCCCC1CCCNC1. The molecule has 0 aliphatic carbocycles. The number of carbonyl (C=O) groups excluding carboxylic acids is 1. The summed E-state index contributed by atoms with van der Waals surface area (Å²) in [5, 5.41) is 3.43. The van der Waals surface area contributed by atoms with Gasteiger partial charge in [-0.15, -0.1) is 0 Å². The van der Waals surface area contributed by atoms with Crippen LogP contribution in [0.15, 0.2) is 0 Å². The van der Waals surface area contributed by atoms with Gasteiger partial charge in [0.2, 0.25) is 0 Å². The molecule has 1 saturated heterocycles. The highest BCUT2D eigenvalue weighted by molar-refractivity contribution is 5.36. The molecule has 0 amide bonds. The number of rotatable bonds is 7. The Balaban J connectivity index is 1.85. The van der Waals surface area contributed by atoms with E-state index in [1.54, 1.807) is 0 Å². The van der Waals surface area contributed by atoms with E-state index in [1.807, 2.05) is 0 Å². The van der Waals surface area contributed by atoms with E-state index in [-0.39, 0.29) is 0 Å². The van der Waals surface area contributed by atoms with Crippen LogP contribution in [0, 0.1) is 5.92 Å². The predicted octanol–water partition coefficient (Wildman–Crippen LogP) is 1.72. The second kappa shape index (κ2) is 7.80. The highest BCUT2D eigenvalue weighted by Gasteiger charge is 2.11. The molecule has 0 bridgehead atoms. The van der Waals surface area contributed by atoms with Gasteiger partial charge in [0, 0.05) is 0 Å². The van der Waals surface area contributed by atoms with Gasteiger partial charge in [-0.3, -0.25) is 4.79 Å². The minimum Gasteiger partial charge on any atom is -0.468 e. The molecule has 1 rings (SSSR count). The van der Waals surface area contributed by atoms with Crippen LogP contribution in [0.2, 0.25) is 0 Å². The number of carbonyl (C=O) groups is 1. The highest BCUT2D eigenvalue weighted by atomic mass is 16.5. The van der Waals surface area contributed by atoms with E-state index in [1.165, 1.54) is 45.2 Å². The van der Waals surface area contributed by atoms with Gasteiger partial charge >= 0.3 is 0 Å². The number of piperidine rings is 1. The molecule has 1 aliphatic rings. The molecule has 0 aromatic rings. The Morgan fingerprint density at radius 3 is 3.00 bits per heavy atom. The molecule has 0 spiro atoms. The molecule has 3 nitrogen and oxygen atoms in total. The van der Waals surface area contributed by atoms with Crippen LogP contribution in [0.4, 0.5) is 0 Å². The summed E-state index contributed by atoms with van der Waals surface area (Å²) in [7, 11) is 0. The monoisotopic (exact) mass is 199 g/mol. The van der Waals surface area contributed by atoms with Crippen LogP contribution in [0.3, 0.4) is 0 Å². The lowest BCUT2D eigenvalue weighted by Gasteiger charge is -2.22. The Morgan fingerprint density at radius 2 is 2.29 bits per heavy atom. The Labute approximate surface area is 86.2 Å². The fourth-order valence-electron chi connectivity index (χ4n) is 2.01. The van der Waals surface area contributed by atoms with Gasteiger partial charge in [0.1, 0.15) is 0 Å². The third kappa shape index (κ3) is 5.22. The fraction of sp³-hybridized carbons (Fsp3) is 0.909. The van der Waals surface area contributed by atoms with Gasteiger partial charge in [-0.05, 0) is 44.7 Å². The van der Waals surface area contributed by atoms with E-state index in [9.17, 15) is 4.79 Å². The van der Waals surface area contributed by atoms with Crippen molar-refractivity contribution in [3.8, 4) is 0 Å². The third-order valence-electron chi connectivity index (χ3n) is 2.84. The summed E-state index contributed by atoms with van der Waals surface area (Å²) in [4.78, 5) is 9.85. The van der Waals surface area contributed by atoms with E-state index in [0.29, 0.717) is 13.1 Å². The average molecular weight is 199 g/mol. The molecule has 1 fully saturated rings. The van der Waals surface area contributed by atoms with E-state index >= 15 is 0 Å². The summed E-state index contributed by atoms with van der Waals surface area (Å²) >= 11 is 0. The standard InChI is InChI=1S/C11H21NO2/c13-10-14-8-3-1-2-5-11-6-4-7-12-9-11/h10-12H,1-9H2. The summed E-state index contributed by atoms with van der Waals surface area (Å²) in [6.07, 6.45) is 7.52. The minimum absolute atomic E-state index is 0.533. The van der Waals surface area contributed by atoms with Crippen molar-refractivity contribution in [3.63, 3.8) is 0 Å². The van der Waals surface area contributed by atoms with E-state index in [2.05, 4.69) is 10.1 Å². The van der Waals surface area contributed by atoms with Crippen LogP contribution < -0.4 is 5.32 Å². The Kier molecular flexibility index (Phi) is 6.41. The molecule has 1 N–H and O–H groups in total. The Bertz CT molecular complexity index is 144. The van der Waals surface area contributed by atoms with Crippen LogP contribution in [-0.4, -0.2) is 26.2 Å². The van der Waals surface area contributed by atoms with E-state index in [0.717, 1.165) is 12.3 Å². The van der Waals surface area contributed by atoms with Crippen molar-refractivity contribution in [2.75, 3.05) is 19.7 Å². The number of hydrogen-bond donors (Lipinski definition) is 1. The molecule has 0 radical (unpaired) electrons. The summed E-state index contributed by atoms with van der Waals surface area (Å²) < 4.78 is 4.63. The molecule has 0 aromatic heterocycles. The first kappa shape index (κ1) is 11.5.